The van der Waals surface area contributed by atoms with E-state index < -0.39 is 0 Å². The summed E-state index contributed by atoms with van der Waals surface area (Å²) in [4.78, 5) is 0. The van der Waals surface area contributed by atoms with Crippen LogP contribution < -0.4 is 10.5 Å². The lowest BCUT2D eigenvalue weighted by atomic mass is 10.2. The molecular weight excluding hydrogens is 230 g/mol. The first-order chi connectivity index (χ1) is 6.27. The van der Waals surface area contributed by atoms with Crippen molar-refractivity contribution in [3.63, 3.8) is 0 Å². The summed E-state index contributed by atoms with van der Waals surface area (Å²) in [5.74, 6) is 3.04. The van der Waals surface area contributed by atoms with Crippen LogP contribution in [-0.2, 0) is 5.33 Å². The van der Waals surface area contributed by atoms with E-state index in [1.54, 1.807) is 0 Å². The third-order valence-electron chi connectivity index (χ3n) is 1.54. The highest BCUT2D eigenvalue weighted by Crippen LogP contribution is 2.23. The van der Waals surface area contributed by atoms with Crippen LogP contribution in [0.3, 0.4) is 0 Å². The van der Waals surface area contributed by atoms with Crippen molar-refractivity contribution in [3.8, 4) is 18.1 Å². The minimum atomic E-state index is 0.246. The SMILES string of the molecule is C#CCOc1cc(CBr)ccc1N. The summed E-state index contributed by atoms with van der Waals surface area (Å²) in [6.07, 6.45) is 5.07. The molecule has 0 aliphatic carbocycles. The Balaban J connectivity index is 2.85. The average Bonchev–Trinajstić information content (AvgIpc) is 2.17. The molecule has 0 aliphatic heterocycles. The molecule has 0 unspecified atom stereocenters. The molecule has 0 atom stereocenters. The van der Waals surface area contributed by atoms with Gasteiger partial charge >= 0.3 is 0 Å². The molecule has 0 aliphatic rings. The van der Waals surface area contributed by atoms with Crippen LogP contribution in [0, 0.1) is 12.3 Å². The van der Waals surface area contributed by atoms with Crippen molar-refractivity contribution in [2.24, 2.45) is 0 Å². The molecule has 0 aromatic heterocycles. The Labute approximate surface area is 86.2 Å². The zero-order chi connectivity index (χ0) is 9.68. The van der Waals surface area contributed by atoms with Crippen LogP contribution in [0.4, 0.5) is 5.69 Å². The molecule has 3 heteroatoms. The van der Waals surface area contributed by atoms with Crippen LogP contribution in [0.5, 0.6) is 5.75 Å². The first kappa shape index (κ1) is 9.94. The number of rotatable bonds is 3. The fourth-order valence-electron chi connectivity index (χ4n) is 0.906. The number of anilines is 1. The first-order valence-electron chi connectivity index (χ1n) is 3.78. The maximum Gasteiger partial charge on any atom is 0.148 e. The normalized spacial score (nSPS) is 9.23. The number of halogens is 1. The second kappa shape index (κ2) is 4.78. The van der Waals surface area contributed by atoms with Crippen LogP contribution in [0.2, 0.25) is 0 Å². The number of hydrogen-bond acceptors (Lipinski definition) is 2. The smallest absolute Gasteiger partial charge is 0.148 e. The van der Waals surface area contributed by atoms with E-state index in [9.17, 15) is 0 Å². The Kier molecular flexibility index (Phi) is 3.66. The molecule has 1 rings (SSSR count). The van der Waals surface area contributed by atoms with E-state index in [1.807, 2.05) is 18.2 Å². The minimum Gasteiger partial charge on any atom is -0.479 e. The van der Waals surface area contributed by atoms with Gasteiger partial charge in [-0.25, -0.2) is 0 Å². The summed E-state index contributed by atoms with van der Waals surface area (Å²) in [5, 5.41) is 0.777. The summed E-state index contributed by atoms with van der Waals surface area (Å²) >= 11 is 3.35. The van der Waals surface area contributed by atoms with E-state index in [0.29, 0.717) is 11.4 Å². The van der Waals surface area contributed by atoms with Gasteiger partial charge in [0.1, 0.15) is 12.4 Å². The monoisotopic (exact) mass is 239 g/mol. The van der Waals surface area contributed by atoms with Crippen LogP contribution in [0.15, 0.2) is 18.2 Å². The number of nitrogens with two attached hydrogens (primary N) is 1. The van der Waals surface area contributed by atoms with E-state index in [-0.39, 0.29) is 6.61 Å². The Morgan fingerprint density at radius 3 is 2.92 bits per heavy atom. The predicted octanol–water partition coefficient (Wildman–Crippen LogP) is 2.18. The van der Waals surface area contributed by atoms with Gasteiger partial charge in [-0.3, -0.25) is 0 Å². The molecule has 0 fully saturated rings. The number of benzene rings is 1. The molecule has 13 heavy (non-hydrogen) atoms. The molecule has 0 saturated heterocycles. The minimum absolute atomic E-state index is 0.246. The highest BCUT2D eigenvalue weighted by atomic mass is 79.9. The highest BCUT2D eigenvalue weighted by Gasteiger charge is 2.00. The topological polar surface area (TPSA) is 35.2 Å². The van der Waals surface area contributed by atoms with Crippen molar-refractivity contribution in [2.75, 3.05) is 12.3 Å². The lowest BCUT2D eigenvalue weighted by Crippen LogP contribution is -1.98. The maximum atomic E-state index is 5.68. The standard InChI is InChI=1S/C10H10BrNO/c1-2-5-13-10-6-8(7-11)3-4-9(10)12/h1,3-4,6H,5,7,12H2. The molecule has 0 saturated carbocycles. The Morgan fingerprint density at radius 1 is 1.54 bits per heavy atom. The average molecular weight is 240 g/mol. The molecule has 1 aromatic carbocycles. The number of hydrogen-bond donors (Lipinski definition) is 1. The van der Waals surface area contributed by atoms with Gasteiger partial charge in [0, 0.05) is 5.33 Å². The molecule has 0 radical (unpaired) electrons. The Bertz CT molecular complexity index is 330. The molecule has 2 N–H and O–H groups in total. The summed E-state index contributed by atoms with van der Waals surface area (Å²) < 4.78 is 5.25. The van der Waals surface area contributed by atoms with Crippen LogP contribution in [-0.4, -0.2) is 6.61 Å². The first-order valence-corrected chi connectivity index (χ1v) is 4.90. The molecule has 2 nitrogen and oxygen atoms in total. The van der Waals surface area contributed by atoms with E-state index in [2.05, 4.69) is 21.9 Å². The molecular formula is C10H10BrNO. The molecule has 0 spiro atoms. The number of ether oxygens (including phenoxy) is 1. The van der Waals surface area contributed by atoms with Gasteiger partial charge in [-0.15, -0.1) is 6.42 Å². The van der Waals surface area contributed by atoms with E-state index in [1.165, 1.54) is 0 Å². The van der Waals surface area contributed by atoms with Crippen molar-refractivity contribution in [2.45, 2.75) is 5.33 Å². The van der Waals surface area contributed by atoms with Crippen molar-refractivity contribution >= 4 is 21.6 Å². The van der Waals surface area contributed by atoms with E-state index in [4.69, 9.17) is 16.9 Å². The number of nitrogen functional groups attached to an aromatic ring is 1. The quantitative estimate of drug-likeness (QED) is 0.499. The lowest BCUT2D eigenvalue weighted by Gasteiger charge is -2.06. The maximum absolute atomic E-state index is 5.68. The molecule has 68 valence electrons. The molecule has 1 aromatic rings. The van der Waals surface area contributed by atoms with Gasteiger partial charge in [-0.05, 0) is 17.7 Å². The third-order valence-corrected chi connectivity index (χ3v) is 2.19. The zero-order valence-corrected chi connectivity index (χ0v) is 8.67. The summed E-state index contributed by atoms with van der Waals surface area (Å²) in [7, 11) is 0. The zero-order valence-electron chi connectivity index (χ0n) is 7.09. The van der Waals surface area contributed by atoms with Crippen LogP contribution in [0.1, 0.15) is 5.56 Å². The number of alkyl halides is 1. The van der Waals surface area contributed by atoms with Gasteiger partial charge in [0.05, 0.1) is 5.69 Å². The van der Waals surface area contributed by atoms with Gasteiger partial charge < -0.3 is 10.5 Å². The van der Waals surface area contributed by atoms with Crippen LogP contribution >= 0.6 is 15.9 Å². The van der Waals surface area contributed by atoms with Gasteiger partial charge in [0.25, 0.3) is 0 Å². The second-order valence-corrected chi connectivity index (χ2v) is 3.06. The second-order valence-electron chi connectivity index (χ2n) is 2.50. The Morgan fingerprint density at radius 2 is 2.31 bits per heavy atom. The van der Waals surface area contributed by atoms with Gasteiger partial charge in [0.15, 0.2) is 0 Å². The van der Waals surface area contributed by atoms with E-state index in [0.717, 1.165) is 10.9 Å². The summed E-state index contributed by atoms with van der Waals surface area (Å²) in [6.45, 7) is 0.246. The Hall–Kier alpha value is -1.14. The summed E-state index contributed by atoms with van der Waals surface area (Å²) in [5.41, 5.74) is 7.40. The number of terminal acetylenes is 1. The van der Waals surface area contributed by atoms with Crippen molar-refractivity contribution in [1.29, 1.82) is 0 Å². The largest absolute Gasteiger partial charge is 0.479 e. The highest BCUT2D eigenvalue weighted by molar-refractivity contribution is 9.08. The third kappa shape index (κ3) is 2.67. The molecule has 0 heterocycles. The van der Waals surface area contributed by atoms with Crippen molar-refractivity contribution < 1.29 is 4.74 Å². The summed E-state index contributed by atoms with van der Waals surface area (Å²) in [6, 6.07) is 5.62. The van der Waals surface area contributed by atoms with Gasteiger partial charge in [-0.1, -0.05) is 27.9 Å². The van der Waals surface area contributed by atoms with Crippen molar-refractivity contribution in [3.05, 3.63) is 23.8 Å². The van der Waals surface area contributed by atoms with Crippen molar-refractivity contribution in [1.82, 2.24) is 0 Å². The van der Waals surface area contributed by atoms with E-state index >= 15 is 0 Å². The van der Waals surface area contributed by atoms with Gasteiger partial charge in [-0.2, -0.15) is 0 Å². The van der Waals surface area contributed by atoms with Gasteiger partial charge in [0.2, 0.25) is 0 Å². The van der Waals surface area contributed by atoms with Crippen LogP contribution in [0.25, 0.3) is 0 Å². The lowest BCUT2D eigenvalue weighted by molar-refractivity contribution is 0.372. The fourth-order valence-corrected chi connectivity index (χ4v) is 1.26. The fraction of sp³-hybridized carbons (Fsp3) is 0.200. The molecule has 0 amide bonds. The predicted molar refractivity (Wildman–Crippen MR) is 57.8 cm³/mol. The molecule has 0 bridgehead atoms.